The molecule has 1 aromatic heterocycles. The zero-order valence-electron chi connectivity index (χ0n) is 11.0. The summed E-state index contributed by atoms with van der Waals surface area (Å²) >= 11 is 0. The molecule has 2 unspecified atom stereocenters. The molecule has 1 N–H and O–H groups in total. The summed E-state index contributed by atoms with van der Waals surface area (Å²) in [5.41, 5.74) is 2.06. The van der Waals surface area contributed by atoms with E-state index in [9.17, 15) is 5.11 Å². The van der Waals surface area contributed by atoms with Crippen molar-refractivity contribution in [3.05, 3.63) is 30.6 Å². The van der Waals surface area contributed by atoms with Gasteiger partial charge in [0.1, 0.15) is 0 Å². The molecule has 102 valence electrons. The van der Waals surface area contributed by atoms with Gasteiger partial charge in [-0.1, -0.05) is 12.1 Å². The first-order valence-corrected chi connectivity index (χ1v) is 7.02. The molecule has 1 aliphatic rings. The molecule has 19 heavy (non-hydrogen) atoms. The number of aliphatic hydroxyl groups excluding tert-OH is 1. The van der Waals surface area contributed by atoms with Gasteiger partial charge >= 0.3 is 0 Å². The highest BCUT2D eigenvalue weighted by molar-refractivity contribution is 5.74. The molecule has 2 aromatic rings. The highest BCUT2D eigenvalue weighted by Crippen LogP contribution is 2.19. The molecule has 0 spiro atoms. The summed E-state index contributed by atoms with van der Waals surface area (Å²) in [6.07, 6.45) is 5.87. The average molecular weight is 260 g/mol. The summed E-state index contributed by atoms with van der Waals surface area (Å²) in [5, 5.41) is 10.1. The minimum Gasteiger partial charge on any atom is -0.391 e. The van der Waals surface area contributed by atoms with Crippen molar-refractivity contribution in [1.29, 1.82) is 0 Å². The molecule has 2 atom stereocenters. The van der Waals surface area contributed by atoms with Gasteiger partial charge in [0, 0.05) is 6.61 Å². The number of rotatable bonds is 5. The van der Waals surface area contributed by atoms with Gasteiger partial charge in [0.2, 0.25) is 0 Å². The number of aliphatic hydroxyl groups is 1. The predicted molar refractivity (Wildman–Crippen MR) is 73.9 cm³/mol. The highest BCUT2D eigenvalue weighted by Gasteiger charge is 2.17. The van der Waals surface area contributed by atoms with Crippen molar-refractivity contribution in [2.24, 2.45) is 0 Å². The maximum Gasteiger partial charge on any atom is 0.0959 e. The van der Waals surface area contributed by atoms with E-state index in [0.717, 1.165) is 43.3 Å². The predicted octanol–water partition coefficient (Wildman–Crippen LogP) is 2.36. The van der Waals surface area contributed by atoms with Gasteiger partial charge in [-0.2, -0.15) is 0 Å². The minimum atomic E-state index is -0.332. The number of hydrogen-bond acceptors (Lipinski definition) is 3. The van der Waals surface area contributed by atoms with Gasteiger partial charge < -0.3 is 14.4 Å². The van der Waals surface area contributed by atoms with Gasteiger partial charge in [0.25, 0.3) is 0 Å². The Morgan fingerprint density at radius 1 is 1.42 bits per heavy atom. The number of aromatic nitrogens is 2. The monoisotopic (exact) mass is 260 g/mol. The number of imidazole rings is 1. The van der Waals surface area contributed by atoms with Crippen molar-refractivity contribution < 1.29 is 9.84 Å². The fraction of sp³-hybridized carbons (Fsp3) is 0.533. The lowest BCUT2D eigenvalue weighted by Gasteiger charge is -2.14. The largest absolute Gasteiger partial charge is 0.391 e. The van der Waals surface area contributed by atoms with E-state index < -0.39 is 0 Å². The van der Waals surface area contributed by atoms with E-state index in [2.05, 4.69) is 4.98 Å². The SMILES string of the molecule is OC(CCC1CCCO1)Cn1cnc2ccccc21. The lowest BCUT2D eigenvalue weighted by atomic mass is 10.1. The van der Waals surface area contributed by atoms with Gasteiger partial charge in [-0.05, 0) is 37.8 Å². The summed E-state index contributed by atoms with van der Waals surface area (Å²) in [7, 11) is 0. The van der Waals surface area contributed by atoms with Crippen LogP contribution in [-0.4, -0.2) is 33.5 Å². The fourth-order valence-corrected chi connectivity index (χ4v) is 2.72. The summed E-state index contributed by atoms with van der Waals surface area (Å²) in [5.74, 6) is 0. The van der Waals surface area contributed by atoms with Crippen LogP contribution in [0.15, 0.2) is 30.6 Å². The van der Waals surface area contributed by atoms with Gasteiger partial charge in [0.15, 0.2) is 0 Å². The molecule has 4 heteroatoms. The Kier molecular flexibility index (Phi) is 3.80. The molecule has 1 aromatic carbocycles. The lowest BCUT2D eigenvalue weighted by molar-refractivity contribution is 0.0767. The van der Waals surface area contributed by atoms with Crippen molar-refractivity contribution in [1.82, 2.24) is 9.55 Å². The molecule has 0 radical (unpaired) electrons. The van der Waals surface area contributed by atoms with Crippen LogP contribution in [0.5, 0.6) is 0 Å². The molecular formula is C15H20N2O2. The Hall–Kier alpha value is -1.39. The zero-order chi connectivity index (χ0) is 13.1. The van der Waals surface area contributed by atoms with Crippen molar-refractivity contribution in [2.75, 3.05) is 6.61 Å². The quantitative estimate of drug-likeness (QED) is 0.897. The maximum atomic E-state index is 10.1. The number of fused-ring (bicyclic) bond motifs is 1. The smallest absolute Gasteiger partial charge is 0.0959 e. The standard InChI is InChI=1S/C15H20N2O2/c18-12(7-8-13-4-3-9-19-13)10-17-11-16-14-5-1-2-6-15(14)17/h1-2,5-6,11-13,18H,3-4,7-10H2. The van der Waals surface area contributed by atoms with Gasteiger partial charge in [-0.25, -0.2) is 4.98 Å². The molecule has 0 amide bonds. The maximum absolute atomic E-state index is 10.1. The Balaban J connectivity index is 1.57. The van der Waals surface area contributed by atoms with Crippen LogP contribution in [0, 0.1) is 0 Å². The average Bonchev–Trinajstić information content (AvgIpc) is 3.07. The number of ether oxygens (including phenoxy) is 1. The van der Waals surface area contributed by atoms with Gasteiger partial charge in [-0.3, -0.25) is 0 Å². The van der Waals surface area contributed by atoms with Crippen molar-refractivity contribution >= 4 is 11.0 Å². The van der Waals surface area contributed by atoms with E-state index >= 15 is 0 Å². The fourth-order valence-electron chi connectivity index (χ4n) is 2.72. The first kappa shape index (κ1) is 12.6. The van der Waals surface area contributed by atoms with Crippen LogP contribution < -0.4 is 0 Å². The van der Waals surface area contributed by atoms with Crippen LogP contribution in [0.3, 0.4) is 0 Å². The van der Waals surface area contributed by atoms with Gasteiger partial charge in [-0.15, -0.1) is 0 Å². The molecule has 1 aliphatic heterocycles. The van der Waals surface area contributed by atoms with E-state index in [1.807, 2.05) is 28.8 Å². The van der Waals surface area contributed by atoms with Crippen molar-refractivity contribution in [3.63, 3.8) is 0 Å². The van der Waals surface area contributed by atoms with Crippen LogP contribution in [0.25, 0.3) is 11.0 Å². The summed E-state index contributed by atoms with van der Waals surface area (Å²) in [6.45, 7) is 1.49. The van der Waals surface area contributed by atoms with Crippen molar-refractivity contribution in [2.45, 2.75) is 44.4 Å². The van der Waals surface area contributed by atoms with Crippen LogP contribution >= 0.6 is 0 Å². The van der Waals surface area contributed by atoms with Crippen LogP contribution in [0.4, 0.5) is 0 Å². The number of nitrogens with zero attached hydrogens (tertiary/aromatic N) is 2. The molecule has 0 aliphatic carbocycles. The number of para-hydroxylation sites is 2. The van der Waals surface area contributed by atoms with Crippen LogP contribution in [-0.2, 0) is 11.3 Å². The molecule has 0 bridgehead atoms. The van der Waals surface area contributed by atoms with Gasteiger partial charge in [0.05, 0.1) is 36.1 Å². The Morgan fingerprint density at radius 3 is 3.16 bits per heavy atom. The third kappa shape index (κ3) is 2.96. The lowest BCUT2D eigenvalue weighted by Crippen LogP contribution is -2.18. The zero-order valence-corrected chi connectivity index (χ0v) is 11.0. The van der Waals surface area contributed by atoms with Crippen LogP contribution in [0.1, 0.15) is 25.7 Å². The summed E-state index contributed by atoms with van der Waals surface area (Å²) in [6, 6.07) is 8.01. The highest BCUT2D eigenvalue weighted by atomic mass is 16.5. The third-order valence-electron chi connectivity index (χ3n) is 3.78. The molecule has 1 fully saturated rings. The molecule has 3 rings (SSSR count). The second-order valence-electron chi connectivity index (χ2n) is 5.25. The summed E-state index contributed by atoms with van der Waals surface area (Å²) < 4.78 is 7.60. The normalized spacial score (nSPS) is 21.0. The second-order valence-corrected chi connectivity index (χ2v) is 5.25. The molecule has 1 saturated heterocycles. The van der Waals surface area contributed by atoms with E-state index in [4.69, 9.17) is 4.74 Å². The van der Waals surface area contributed by atoms with E-state index in [-0.39, 0.29) is 6.10 Å². The Labute approximate surface area is 113 Å². The summed E-state index contributed by atoms with van der Waals surface area (Å²) in [4.78, 5) is 4.34. The van der Waals surface area contributed by atoms with E-state index in [1.165, 1.54) is 0 Å². The molecule has 0 saturated carbocycles. The third-order valence-corrected chi connectivity index (χ3v) is 3.78. The van der Waals surface area contributed by atoms with Crippen LogP contribution in [0.2, 0.25) is 0 Å². The van der Waals surface area contributed by atoms with E-state index in [1.54, 1.807) is 6.33 Å². The Morgan fingerprint density at radius 2 is 2.32 bits per heavy atom. The molecular weight excluding hydrogens is 240 g/mol. The molecule has 2 heterocycles. The Bertz CT molecular complexity index is 532. The molecule has 4 nitrogen and oxygen atoms in total. The first-order chi connectivity index (χ1) is 9.33. The number of benzene rings is 1. The number of hydrogen-bond donors (Lipinski definition) is 1. The minimum absolute atomic E-state index is 0.332. The van der Waals surface area contributed by atoms with E-state index in [0.29, 0.717) is 12.6 Å². The second kappa shape index (κ2) is 5.72. The topological polar surface area (TPSA) is 47.3 Å². The first-order valence-electron chi connectivity index (χ1n) is 7.02. The van der Waals surface area contributed by atoms with Crippen molar-refractivity contribution in [3.8, 4) is 0 Å².